The maximum Gasteiger partial charge on any atom is 0.324 e. The number of rotatable bonds is 2. The van der Waals surface area contributed by atoms with Crippen LogP contribution in [0.2, 0.25) is 0 Å². The summed E-state index contributed by atoms with van der Waals surface area (Å²) in [5.41, 5.74) is 0. The maximum absolute atomic E-state index is 12.3. The van der Waals surface area contributed by atoms with Gasteiger partial charge in [0, 0.05) is 12.6 Å². The molecule has 1 N–H and O–H groups in total. The first-order valence-electron chi connectivity index (χ1n) is 6.72. The van der Waals surface area contributed by atoms with Gasteiger partial charge in [-0.2, -0.15) is 0 Å². The minimum absolute atomic E-state index is 0.0376. The van der Waals surface area contributed by atoms with Gasteiger partial charge in [0.2, 0.25) is 5.91 Å². The molecule has 0 aromatic carbocycles. The van der Waals surface area contributed by atoms with Crippen LogP contribution in [0.1, 0.15) is 46.0 Å². The van der Waals surface area contributed by atoms with Crippen LogP contribution < -0.4 is 5.32 Å². The molecule has 0 aromatic heterocycles. The Hall–Kier alpha value is -1.06. The van der Waals surface area contributed by atoms with E-state index in [-0.39, 0.29) is 29.8 Å². The molecule has 4 heteroatoms. The summed E-state index contributed by atoms with van der Waals surface area (Å²) in [5, 5.41) is 2.86. The topological polar surface area (TPSA) is 49.4 Å². The highest BCUT2D eigenvalue weighted by atomic mass is 16.2. The molecule has 0 radical (unpaired) electrons. The predicted molar refractivity (Wildman–Crippen MR) is 65.4 cm³/mol. The lowest BCUT2D eigenvalue weighted by Crippen LogP contribution is -2.59. The zero-order valence-corrected chi connectivity index (χ0v) is 10.7. The number of urea groups is 1. The first-order valence-corrected chi connectivity index (χ1v) is 6.72. The van der Waals surface area contributed by atoms with Gasteiger partial charge in [-0.15, -0.1) is 0 Å². The zero-order chi connectivity index (χ0) is 12.4. The number of carbonyl (C=O) groups excluding carboxylic acids is 2. The minimum atomic E-state index is -0.182. The van der Waals surface area contributed by atoms with Crippen LogP contribution in [0.4, 0.5) is 4.79 Å². The lowest BCUT2D eigenvalue weighted by molar-refractivity contribution is -0.137. The van der Waals surface area contributed by atoms with E-state index < -0.39 is 0 Å². The normalized spacial score (nSPS) is 27.5. The van der Waals surface area contributed by atoms with Crippen LogP contribution in [0.3, 0.4) is 0 Å². The van der Waals surface area contributed by atoms with Crippen molar-refractivity contribution >= 4 is 11.9 Å². The number of hydrogen-bond donors (Lipinski definition) is 1. The molecule has 1 aliphatic heterocycles. The molecule has 4 nitrogen and oxygen atoms in total. The Morgan fingerprint density at radius 1 is 1.18 bits per heavy atom. The molecule has 2 fully saturated rings. The molecule has 3 amide bonds. The SMILES string of the molecule is CC(C)C1CNC(=O)N(C2CCCCC2)C1=O. The Morgan fingerprint density at radius 3 is 2.41 bits per heavy atom. The van der Waals surface area contributed by atoms with Gasteiger partial charge in [-0.05, 0) is 18.8 Å². The van der Waals surface area contributed by atoms with E-state index in [1.807, 2.05) is 13.8 Å². The van der Waals surface area contributed by atoms with Gasteiger partial charge in [0.1, 0.15) is 0 Å². The molecule has 1 saturated carbocycles. The van der Waals surface area contributed by atoms with Gasteiger partial charge in [-0.3, -0.25) is 9.69 Å². The largest absolute Gasteiger partial charge is 0.337 e. The third-order valence-corrected chi connectivity index (χ3v) is 3.99. The van der Waals surface area contributed by atoms with Crippen LogP contribution in [-0.4, -0.2) is 29.4 Å². The third kappa shape index (κ3) is 2.45. The van der Waals surface area contributed by atoms with E-state index in [0.29, 0.717) is 6.54 Å². The number of nitrogens with one attached hydrogen (secondary N) is 1. The summed E-state index contributed by atoms with van der Waals surface area (Å²) in [5.74, 6) is 0.277. The zero-order valence-electron chi connectivity index (χ0n) is 10.7. The third-order valence-electron chi connectivity index (χ3n) is 3.99. The van der Waals surface area contributed by atoms with Crippen molar-refractivity contribution in [3.63, 3.8) is 0 Å². The molecule has 17 heavy (non-hydrogen) atoms. The maximum atomic E-state index is 12.3. The lowest BCUT2D eigenvalue weighted by Gasteiger charge is -2.39. The van der Waals surface area contributed by atoms with Gasteiger partial charge >= 0.3 is 6.03 Å². The van der Waals surface area contributed by atoms with Gasteiger partial charge in [0.05, 0.1) is 5.92 Å². The van der Waals surface area contributed by atoms with Crippen molar-refractivity contribution in [2.75, 3.05) is 6.54 Å². The standard InChI is InChI=1S/C13H22N2O2/c1-9(2)11-8-14-13(17)15(12(11)16)10-6-4-3-5-7-10/h9-11H,3-8H2,1-2H3,(H,14,17). The Morgan fingerprint density at radius 2 is 1.82 bits per heavy atom. The van der Waals surface area contributed by atoms with Crippen LogP contribution in [0.25, 0.3) is 0 Å². The van der Waals surface area contributed by atoms with Crippen LogP contribution >= 0.6 is 0 Å². The Labute approximate surface area is 103 Å². The van der Waals surface area contributed by atoms with Gasteiger partial charge in [-0.1, -0.05) is 33.1 Å². The number of imide groups is 1. The molecule has 1 aliphatic carbocycles. The summed E-state index contributed by atoms with van der Waals surface area (Å²) in [6.45, 7) is 4.58. The van der Waals surface area contributed by atoms with E-state index in [0.717, 1.165) is 25.7 Å². The Balaban J connectivity index is 2.11. The number of nitrogens with zero attached hydrogens (tertiary/aromatic N) is 1. The van der Waals surface area contributed by atoms with Crippen molar-refractivity contribution in [3.05, 3.63) is 0 Å². The van der Waals surface area contributed by atoms with E-state index in [4.69, 9.17) is 0 Å². The molecular formula is C13H22N2O2. The molecule has 1 heterocycles. The summed E-state index contributed by atoms with van der Waals surface area (Å²) >= 11 is 0. The molecule has 2 rings (SSSR count). The summed E-state index contributed by atoms with van der Waals surface area (Å²) in [6, 6.07) is -0.0448. The summed E-state index contributed by atoms with van der Waals surface area (Å²) in [7, 11) is 0. The second-order valence-corrected chi connectivity index (χ2v) is 5.54. The lowest BCUT2D eigenvalue weighted by atomic mass is 9.89. The fourth-order valence-corrected chi connectivity index (χ4v) is 2.85. The number of hydrogen-bond acceptors (Lipinski definition) is 2. The minimum Gasteiger partial charge on any atom is -0.337 e. The highest BCUT2D eigenvalue weighted by Gasteiger charge is 2.39. The van der Waals surface area contributed by atoms with Gasteiger partial charge in [0.15, 0.2) is 0 Å². The molecule has 1 saturated heterocycles. The van der Waals surface area contributed by atoms with Crippen LogP contribution in [0.15, 0.2) is 0 Å². The molecule has 1 atom stereocenters. The van der Waals surface area contributed by atoms with E-state index in [9.17, 15) is 9.59 Å². The Kier molecular flexibility index (Phi) is 3.69. The Bertz CT molecular complexity index is 309. The molecule has 1 unspecified atom stereocenters. The molecule has 2 aliphatic rings. The van der Waals surface area contributed by atoms with Crippen molar-refractivity contribution in [2.45, 2.75) is 52.0 Å². The van der Waals surface area contributed by atoms with E-state index in [1.165, 1.54) is 11.3 Å². The number of carbonyl (C=O) groups is 2. The second-order valence-electron chi connectivity index (χ2n) is 5.54. The van der Waals surface area contributed by atoms with Crippen molar-refractivity contribution in [1.82, 2.24) is 10.2 Å². The summed E-state index contributed by atoms with van der Waals surface area (Å²) in [6.07, 6.45) is 5.45. The van der Waals surface area contributed by atoms with E-state index in [2.05, 4.69) is 5.32 Å². The van der Waals surface area contributed by atoms with Crippen molar-refractivity contribution in [3.8, 4) is 0 Å². The van der Waals surface area contributed by atoms with E-state index >= 15 is 0 Å². The fourth-order valence-electron chi connectivity index (χ4n) is 2.85. The first kappa shape index (κ1) is 12.4. The van der Waals surface area contributed by atoms with Crippen LogP contribution in [-0.2, 0) is 4.79 Å². The number of amides is 3. The predicted octanol–water partition coefficient (Wildman–Crippen LogP) is 2.14. The quantitative estimate of drug-likeness (QED) is 0.801. The van der Waals surface area contributed by atoms with Crippen molar-refractivity contribution in [1.29, 1.82) is 0 Å². The second kappa shape index (κ2) is 5.07. The van der Waals surface area contributed by atoms with Gasteiger partial charge in [0.25, 0.3) is 0 Å². The monoisotopic (exact) mass is 238 g/mol. The van der Waals surface area contributed by atoms with Crippen LogP contribution in [0, 0.1) is 11.8 Å². The summed E-state index contributed by atoms with van der Waals surface area (Å²) < 4.78 is 0. The van der Waals surface area contributed by atoms with Crippen LogP contribution in [0.5, 0.6) is 0 Å². The van der Waals surface area contributed by atoms with Gasteiger partial charge in [-0.25, -0.2) is 4.79 Å². The van der Waals surface area contributed by atoms with Gasteiger partial charge < -0.3 is 5.32 Å². The highest BCUT2D eigenvalue weighted by molar-refractivity contribution is 5.98. The molecule has 0 bridgehead atoms. The highest BCUT2D eigenvalue weighted by Crippen LogP contribution is 2.27. The fraction of sp³-hybridized carbons (Fsp3) is 0.846. The molecular weight excluding hydrogens is 216 g/mol. The molecule has 96 valence electrons. The van der Waals surface area contributed by atoms with Crippen molar-refractivity contribution in [2.24, 2.45) is 11.8 Å². The average Bonchev–Trinajstić information content (AvgIpc) is 2.30. The van der Waals surface area contributed by atoms with E-state index in [1.54, 1.807) is 0 Å². The average molecular weight is 238 g/mol. The smallest absolute Gasteiger partial charge is 0.324 e. The summed E-state index contributed by atoms with van der Waals surface area (Å²) in [4.78, 5) is 25.7. The van der Waals surface area contributed by atoms with Crippen molar-refractivity contribution < 1.29 is 9.59 Å². The molecule has 0 aromatic rings. The molecule has 0 spiro atoms. The first-order chi connectivity index (χ1) is 8.11.